The summed E-state index contributed by atoms with van der Waals surface area (Å²) in [5.41, 5.74) is 0. The van der Waals surface area contributed by atoms with Crippen LogP contribution < -0.4 is 5.32 Å². The molecule has 9 heteroatoms. The van der Waals surface area contributed by atoms with Gasteiger partial charge < -0.3 is 10.4 Å². The van der Waals surface area contributed by atoms with Crippen molar-refractivity contribution in [1.29, 1.82) is 0 Å². The average molecular weight is 255 g/mol. The molecule has 1 unspecified atom stereocenters. The zero-order valence-corrected chi connectivity index (χ0v) is 8.89. The first-order chi connectivity index (χ1) is 7.34. The van der Waals surface area contributed by atoms with Crippen LogP contribution in [0, 0.1) is 0 Å². The van der Waals surface area contributed by atoms with Gasteiger partial charge in [0.15, 0.2) is 0 Å². The van der Waals surface area contributed by atoms with Crippen LogP contribution in [0.1, 0.15) is 19.2 Å². The van der Waals surface area contributed by atoms with E-state index in [4.69, 9.17) is 5.11 Å². The third-order valence-corrected chi connectivity index (χ3v) is 2.33. The fourth-order valence-electron chi connectivity index (χ4n) is 0.885. The molecule has 0 aromatic carbocycles. The minimum atomic E-state index is -4.61. The standard InChI is InChI=1S/C7H8F3N3O2S/c1-2-3(4(14)15)11-6-12-5(13-16-6)7(8,9)10/h3H,2H2,1H3,(H,14,15)(H,11,12,13). The van der Waals surface area contributed by atoms with E-state index in [1.165, 1.54) is 0 Å². The molecule has 5 nitrogen and oxygen atoms in total. The number of carboxylic acid groups (broad SMARTS) is 1. The topological polar surface area (TPSA) is 75.1 Å². The van der Waals surface area contributed by atoms with Gasteiger partial charge in [0.05, 0.1) is 0 Å². The highest BCUT2D eigenvalue weighted by Crippen LogP contribution is 2.29. The molecule has 1 heterocycles. The summed E-state index contributed by atoms with van der Waals surface area (Å²) in [5, 5.41) is 10.9. The Balaban J connectivity index is 2.76. The largest absolute Gasteiger partial charge is 0.480 e. The van der Waals surface area contributed by atoms with Gasteiger partial charge in [-0.15, -0.1) is 0 Å². The maximum Gasteiger partial charge on any atom is 0.452 e. The summed E-state index contributed by atoms with van der Waals surface area (Å²) in [4.78, 5) is 13.8. The lowest BCUT2D eigenvalue weighted by Crippen LogP contribution is -2.28. The van der Waals surface area contributed by atoms with E-state index in [0.29, 0.717) is 11.5 Å². The van der Waals surface area contributed by atoms with Crippen molar-refractivity contribution in [2.24, 2.45) is 0 Å². The number of hydrogen-bond donors (Lipinski definition) is 2. The summed E-state index contributed by atoms with van der Waals surface area (Å²) in [6.07, 6.45) is -4.38. The van der Waals surface area contributed by atoms with E-state index >= 15 is 0 Å². The van der Waals surface area contributed by atoms with Gasteiger partial charge in [-0.25, -0.2) is 4.79 Å². The smallest absolute Gasteiger partial charge is 0.452 e. The van der Waals surface area contributed by atoms with Crippen molar-refractivity contribution in [3.8, 4) is 0 Å². The molecule has 0 amide bonds. The molecule has 1 rings (SSSR count). The van der Waals surface area contributed by atoms with Crippen molar-refractivity contribution in [2.75, 3.05) is 5.32 Å². The number of nitrogens with one attached hydrogen (secondary N) is 1. The number of nitrogens with zero attached hydrogens (tertiary/aromatic N) is 2. The summed E-state index contributed by atoms with van der Waals surface area (Å²) < 4.78 is 39.4. The third kappa shape index (κ3) is 3.05. The van der Waals surface area contributed by atoms with E-state index in [1.54, 1.807) is 6.92 Å². The summed E-state index contributed by atoms with van der Waals surface area (Å²) >= 11 is 0.482. The Morgan fingerprint density at radius 1 is 1.62 bits per heavy atom. The van der Waals surface area contributed by atoms with E-state index in [0.717, 1.165) is 0 Å². The normalized spacial score (nSPS) is 13.5. The van der Waals surface area contributed by atoms with E-state index in [9.17, 15) is 18.0 Å². The molecule has 0 fully saturated rings. The molecule has 1 atom stereocenters. The van der Waals surface area contributed by atoms with Crippen molar-refractivity contribution >= 4 is 22.6 Å². The Morgan fingerprint density at radius 3 is 2.62 bits per heavy atom. The van der Waals surface area contributed by atoms with Gasteiger partial charge in [-0.05, 0) is 6.42 Å². The lowest BCUT2D eigenvalue weighted by molar-refractivity contribution is -0.144. The van der Waals surface area contributed by atoms with Crippen LogP contribution in [-0.4, -0.2) is 26.5 Å². The second kappa shape index (κ2) is 4.64. The van der Waals surface area contributed by atoms with Crippen molar-refractivity contribution in [1.82, 2.24) is 9.36 Å². The Labute approximate surface area is 92.5 Å². The monoisotopic (exact) mass is 255 g/mol. The van der Waals surface area contributed by atoms with Crippen LogP contribution in [0.15, 0.2) is 0 Å². The molecular formula is C7H8F3N3O2S. The maximum absolute atomic E-state index is 12.1. The van der Waals surface area contributed by atoms with Gasteiger partial charge in [-0.1, -0.05) is 6.92 Å². The summed E-state index contributed by atoms with van der Waals surface area (Å²) in [5.74, 6) is -2.41. The molecule has 0 saturated heterocycles. The van der Waals surface area contributed by atoms with Crippen LogP contribution in [0.25, 0.3) is 0 Å². The molecule has 0 aliphatic rings. The molecular weight excluding hydrogens is 247 g/mol. The highest BCUT2D eigenvalue weighted by atomic mass is 32.1. The summed E-state index contributed by atoms with van der Waals surface area (Å²) in [7, 11) is 0. The molecule has 90 valence electrons. The quantitative estimate of drug-likeness (QED) is 0.858. The number of alkyl halides is 3. The second-order valence-corrected chi connectivity index (χ2v) is 3.62. The average Bonchev–Trinajstić information content (AvgIpc) is 2.61. The molecule has 2 N–H and O–H groups in total. The molecule has 0 spiro atoms. The van der Waals surface area contributed by atoms with Gasteiger partial charge in [0.1, 0.15) is 6.04 Å². The highest BCUT2D eigenvalue weighted by Gasteiger charge is 2.36. The van der Waals surface area contributed by atoms with Gasteiger partial charge >= 0.3 is 12.1 Å². The first-order valence-electron chi connectivity index (χ1n) is 4.24. The fraction of sp³-hybridized carbons (Fsp3) is 0.571. The zero-order chi connectivity index (χ0) is 12.3. The number of aliphatic carboxylic acids is 1. The lowest BCUT2D eigenvalue weighted by atomic mass is 10.2. The molecule has 0 bridgehead atoms. The number of halogens is 3. The van der Waals surface area contributed by atoms with Crippen LogP contribution in [0.3, 0.4) is 0 Å². The van der Waals surface area contributed by atoms with E-state index < -0.39 is 24.0 Å². The van der Waals surface area contributed by atoms with Crippen LogP contribution in [0.5, 0.6) is 0 Å². The number of anilines is 1. The van der Waals surface area contributed by atoms with Gasteiger partial charge in [0, 0.05) is 11.5 Å². The Morgan fingerprint density at radius 2 is 2.25 bits per heavy atom. The molecule has 16 heavy (non-hydrogen) atoms. The number of rotatable bonds is 4. The fourth-order valence-corrected chi connectivity index (χ4v) is 1.52. The van der Waals surface area contributed by atoms with Gasteiger partial charge in [0.2, 0.25) is 11.0 Å². The second-order valence-electron chi connectivity index (χ2n) is 2.86. The molecule has 0 radical (unpaired) electrons. The molecule has 1 aromatic rings. The number of carbonyl (C=O) groups is 1. The van der Waals surface area contributed by atoms with E-state index in [2.05, 4.69) is 14.7 Å². The van der Waals surface area contributed by atoms with E-state index in [-0.39, 0.29) is 11.6 Å². The van der Waals surface area contributed by atoms with Gasteiger partial charge in [-0.3, -0.25) is 0 Å². The Hall–Kier alpha value is -1.38. The van der Waals surface area contributed by atoms with E-state index in [1.807, 2.05) is 0 Å². The van der Waals surface area contributed by atoms with Crippen molar-refractivity contribution in [3.63, 3.8) is 0 Å². The molecule has 0 saturated carbocycles. The first kappa shape index (κ1) is 12.7. The van der Waals surface area contributed by atoms with Crippen LogP contribution in [0.2, 0.25) is 0 Å². The summed E-state index contributed by atoms with van der Waals surface area (Å²) in [6.45, 7) is 1.59. The van der Waals surface area contributed by atoms with Crippen LogP contribution in [0.4, 0.5) is 18.3 Å². The zero-order valence-electron chi connectivity index (χ0n) is 8.08. The Bertz CT molecular complexity index is 379. The lowest BCUT2D eigenvalue weighted by Gasteiger charge is -2.09. The minimum Gasteiger partial charge on any atom is -0.480 e. The number of aromatic nitrogens is 2. The van der Waals surface area contributed by atoms with Crippen molar-refractivity contribution in [2.45, 2.75) is 25.6 Å². The third-order valence-electron chi connectivity index (χ3n) is 1.68. The number of carboxylic acids is 1. The SMILES string of the molecule is CCC(Nc1nc(C(F)(F)F)ns1)C(=O)O. The van der Waals surface area contributed by atoms with Gasteiger partial charge in [0.25, 0.3) is 0 Å². The molecule has 0 aliphatic heterocycles. The predicted molar refractivity (Wildman–Crippen MR) is 50.2 cm³/mol. The minimum absolute atomic E-state index is 0.151. The van der Waals surface area contributed by atoms with Crippen LogP contribution in [-0.2, 0) is 11.0 Å². The molecule has 0 aliphatic carbocycles. The molecule has 1 aromatic heterocycles. The number of hydrogen-bond acceptors (Lipinski definition) is 5. The van der Waals surface area contributed by atoms with Crippen molar-refractivity contribution < 1.29 is 23.1 Å². The predicted octanol–water partition coefficient (Wildman–Crippen LogP) is 1.83. The summed E-state index contributed by atoms with van der Waals surface area (Å²) in [6, 6.07) is -0.964. The van der Waals surface area contributed by atoms with Crippen molar-refractivity contribution in [3.05, 3.63) is 5.82 Å². The maximum atomic E-state index is 12.1. The van der Waals surface area contributed by atoms with Crippen LogP contribution >= 0.6 is 11.5 Å². The first-order valence-corrected chi connectivity index (χ1v) is 5.02. The highest BCUT2D eigenvalue weighted by molar-refractivity contribution is 7.09. The Kier molecular flexibility index (Phi) is 3.68. The van der Waals surface area contributed by atoms with Gasteiger partial charge in [-0.2, -0.15) is 22.5 Å².